The van der Waals surface area contributed by atoms with E-state index in [1.54, 1.807) is 18.2 Å². The number of halogens is 1. The van der Waals surface area contributed by atoms with E-state index in [-0.39, 0.29) is 23.9 Å². The molecule has 1 aromatic rings. The minimum absolute atomic E-state index is 0. The average Bonchev–Trinajstić information content (AvgIpc) is 2.52. The maximum atomic E-state index is 12.4. The molecule has 1 amide bonds. The van der Waals surface area contributed by atoms with Gasteiger partial charge in [-0.25, -0.2) is 0 Å². The van der Waals surface area contributed by atoms with E-state index in [1.165, 1.54) is 0 Å². The van der Waals surface area contributed by atoms with Gasteiger partial charge in [-0.1, -0.05) is 13.8 Å². The van der Waals surface area contributed by atoms with E-state index >= 15 is 0 Å². The predicted molar refractivity (Wildman–Crippen MR) is 84.5 cm³/mol. The van der Waals surface area contributed by atoms with Crippen LogP contribution in [0.25, 0.3) is 0 Å². The lowest BCUT2D eigenvalue weighted by atomic mass is 9.92. The molecule has 21 heavy (non-hydrogen) atoms. The number of benzene rings is 1. The molecule has 0 aromatic heterocycles. The quantitative estimate of drug-likeness (QED) is 0.873. The predicted octanol–water partition coefficient (Wildman–Crippen LogP) is 2.13. The molecule has 0 atom stereocenters. The van der Waals surface area contributed by atoms with Crippen molar-refractivity contribution in [2.75, 3.05) is 19.8 Å². The number of hydrogen-bond acceptors (Lipinski definition) is 4. The third-order valence-electron chi connectivity index (χ3n) is 3.93. The Balaban J connectivity index is 0.00000220. The van der Waals surface area contributed by atoms with Crippen LogP contribution in [0.5, 0.6) is 11.5 Å². The molecule has 0 saturated heterocycles. The fourth-order valence-electron chi connectivity index (χ4n) is 2.26. The van der Waals surface area contributed by atoms with Crippen molar-refractivity contribution in [2.45, 2.75) is 32.2 Å². The van der Waals surface area contributed by atoms with Crippen LogP contribution in [0.3, 0.4) is 0 Å². The highest BCUT2D eigenvalue weighted by atomic mass is 35.5. The highest BCUT2D eigenvalue weighted by Crippen LogP contribution is 2.30. The second kappa shape index (κ2) is 7.52. The molecule has 1 aliphatic heterocycles. The second-order valence-electron chi connectivity index (χ2n) is 5.00. The van der Waals surface area contributed by atoms with E-state index in [0.717, 1.165) is 12.8 Å². The van der Waals surface area contributed by atoms with Crippen LogP contribution in [0.4, 0.5) is 0 Å². The molecule has 2 rings (SSSR count). The molecule has 0 fully saturated rings. The van der Waals surface area contributed by atoms with Crippen molar-refractivity contribution in [3.8, 4) is 11.5 Å². The molecule has 0 aliphatic carbocycles. The highest BCUT2D eigenvalue weighted by Gasteiger charge is 2.27. The van der Waals surface area contributed by atoms with Crippen LogP contribution in [0.15, 0.2) is 18.2 Å². The largest absolute Gasteiger partial charge is 0.486 e. The Morgan fingerprint density at radius 3 is 2.43 bits per heavy atom. The molecule has 3 N–H and O–H groups in total. The summed E-state index contributed by atoms with van der Waals surface area (Å²) in [6, 6.07) is 5.23. The second-order valence-corrected chi connectivity index (χ2v) is 5.00. The van der Waals surface area contributed by atoms with Crippen LogP contribution in [0.2, 0.25) is 0 Å². The molecule has 1 aromatic carbocycles. The summed E-state index contributed by atoms with van der Waals surface area (Å²) in [7, 11) is 0. The van der Waals surface area contributed by atoms with Gasteiger partial charge in [-0.2, -0.15) is 0 Å². The molecular formula is C15H23ClN2O3. The van der Waals surface area contributed by atoms with Crippen LogP contribution in [0, 0.1) is 0 Å². The van der Waals surface area contributed by atoms with Crippen molar-refractivity contribution in [1.29, 1.82) is 0 Å². The van der Waals surface area contributed by atoms with Crippen molar-refractivity contribution in [3.05, 3.63) is 23.8 Å². The zero-order valence-electron chi connectivity index (χ0n) is 12.5. The summed E-state index contributed by atoms with van der Waals surface area (Å²) in [5, 5.41) is 3.04. The van der Waals surface area contributed by atoms with Crippen LogP contribution in [-0.2, 0) is 0 Å². The minimum atomic E-state index is -0.343. The van der Waals surface area contributed by atoms with Crippen LogP contribution < -0.4 is 20.5 Å². The number of ether oxygens (including phenoxy) is 2. The normalized spacial score (nSPS) is 13.3. The number of fused-ring (bicyclic) bond motifs is 1. The molecule has 5 nitrogen and oxygen atoms in total. The van der Waals surface area contributed by atoms with Crippen molar-refractivity contribution in [3.63, 3.8) is 0 Å². The summed E-state index contributed by atoms with van der Waals surface area (Å²) in [4.78, 5) is 12.4. The van der Waals surface area contributed by atoms with Crippen molar-refractivity contribution in [1.82, 2.24) is 5.32 Å². The Morgan fingerprint density at radius 2 is 1.86 bits per heavy atom. The SMILES string of the molecule is CCC(CC)(CN)NC(=O)c1ccc2c(c1)OCCO2.Cl. The van der Waals surface area contributed by atoms with Crippen LogP contribution in [-0.4, -0.2) is 31.2 Å². The van der Waals surface area contributed by atoms with E-state index in [1.807, 2.05) is 13.8 Å². The maximum Gasteiger partial charge on any atom is 0.251 e. The first-order chi connectivity index (χ1) is 9.64. The highest BCUT2D eigenvalue weighted by molar-refractivity contribution is 5.95. The molecule has 1 aliphatic rings. The number of amides is 1. The first-order valence-electron chi connectivity index (χ1n) is 7.06. The first-order valence-corrected chi connectivity index (χ1v) is 7.06. The molecule has 0 unspecified atom stereocenters. The molecular weight excluding hydrogens is 292 g/mol. The van der Waals surface area contributed by atoms with Crippen LogP contribution >= 0.6 is 12.4 Å². The van der Waals surface area contributed by atoms with Gasteiger partial charge < -0.3 is 20.5 Å². The Hall–Kier alpha value is -1.46. The Morgan fingerprint density at radius 1 is 1.24 bits per heavy atom. The molecule has 1 heterocycles. The molecule has 0 bridgehead atoms. The number of rotatable bonds is 5. The molecule has 118 valence electrons. The van der Waals surface area contributed by atoms with Crippen molar-refractivity contribution in [2.24, 2.45) is 5.73 Å². The Labute approximate surface area is 131 Å². The van der Waals surface area contributed by atoms with E-state index in [0.29, 0.717) is 36.8 Å². The molecule has 0 spiro atoms. The topological polar surface area (TPSA) is 73.6 Å². The summed E-state index contributed by atoms with van der Waals surface area (Å²) in [5.74, 6) is 1.18. The smallest absolute Gasteiger partial charge is 0.251 e. The van der Waals surface area contributed by atoms with E-state index in [9.17, 15) is 4.79 Å². The van der Waals surface area contributed by atoms with Gasteiger partial charge in [0.1, 0.15) is 13.2 Å². The third-order valence-corrected chi connectivity index (χ3v) is 3.93. The lowest BCUT2D eigenvalue weighted by Gasteiger charge is -2.31. The van der Waals surface area contributed by atoms with Crippen molar-refractivity contribution < 1.29 is 14.3 Å². The molecule has 0 radical (unpaired) electrons. The summed E-state index contributed by atoms with van der Waals surface area (Å²) >= 11 is 0. The van der Waals surface area contributed by atoms with E-state index < -0.39 is 0 Å². The lowest BCUT2D eigenvalue weighted by Crippen LogP contribution is -2.52. The van der Waals surface area contributed by atoms with Gasteiger partial charge in [-0.15, -0.1) is 12.4 Å². The van der Waals surface area contributed by atoms with Gasteiger partial charge in [0.15, 0.2) is 11.5 Å². The standard InChI is InChI=1S/C15H22N2O3.ClH/c1-3-15(4-2,10-16)17-14(18)11-5-6-12-13(9-11)20-8-7-19-12;/h5-6,9H,3-4,7-8,10,16H2,1-2H3,(H,17,18);1H. The number of carbonyl (C=O) groups is 1. The summed E-state index contributed by atoms with van der Waals surface area (Å²) < 4.78 is 10.9. The number of carbonyl (C=O) groups excluding carboxylic acids is 1. The summed E-state index contributed by atoms with van der Waals surface area (Å²) in [5.41, 5.74) is 6.03. The van der Waals surface area contributed by atoms with Gasteiger partial charge in [-0.3, -0.25) is 4.79 Å². The Bertz CT molecular complexity index is 482. The van der Waals surface area contributed by atoms with Crippen LogP contribution in [0.1, 0.15) is 37.0 Å². The van der Waals surface area contributed by atoms with E-state index in [2.05, 4.69) is 5.32 Å². The zero-order valence-corrected chi connectivity index (χ0v) is 13.3. The van der Waals surface area contributed by atoms with Crippen molar-refractivity contribution >= 4 is 18.3 Å². The van der Waals surface area contributed by atoms with Gasteiger partial charge in [0.2, 0.25) is 0 Å². The number of hydrogen-bond donors (Lipinski definition) is 2. The molecule has 6 heteroatoms. The number of nitrogens with two attached hydrogens (primary N) is 1. The fourth-order valence-corrected chi connectivity index (χ4v) is 2.26. The summed E-state index contributed by atoms with van der Waals surface area (Å²) in [6.45, 7) is 5.53. The van der Waals surface area contributed by atoms with Gasteiger partial charge >= 0.3 is 0 Å². The van der Waals surface area contributed by atoms with E-state index in [4.69, 9.17) is 15.2 Å². The van der Waals surface area contributed by atoms with Gasteiger partial charge in [0.05, 0.1) is 5.54 Å². The monoisotopic (exact) mass is 314 g/mol. The summed E-state index contributed by atoms with van der Waals surface area (Å²) in [6.07, 6.45) is 1.60. The third kappa shape index (κ3) is 3.80. The van der Waals surface area contributed by atoms with Gasteiger partial charge in [0, 0.05) is 12.1 Å². The average molecular weight is 315 g/mol. The fraction of sp³-hybridized carbons (Fsp3) is 0.533. The number of nitrogens with one attached hydrogen (secondary N) is 1. The van der Waals surface area contributed by atoms with Gasteiger partial charge in [0.25, 0.3) is 5.91 Å². The van der Waals surface area contributed by atoms with Gasteiger partial charge in [-0.05, 0) is 31.0 Å². The molecule has 0 saturated carbocycles. The lowest BCUT2D eigenvalue weighted by molar-refractivity contribution is 0.0894. The maximum absolute atomic E-state index is 12.4. The first kappa shape index (κ1) is 17.6. The Kier molecular flexibility index (Phi) is 6.30. The minimum Gasteiger partial charge on any atom is -0.486 e. The zero-order chi connectivity index (χ0) is 14.6.